The summed E-state index contributed by atoms with van der Waals surface area (Å²) in [5.41, 5.74) is 7.87. The smallest absolute Gasteiger partial charge is 0.122 e. The number of nitrogens with zero attached hydrogens (tertiary/aromatic N) is 1. The first kappa shape index (κ1) is 12.2. The van der Waals surface area contributed by atoms with E-state index in [9.17, 15) is 0 Å². The molecular formula is C13H16N2OS. The average molecular weight is 248 g/mol. The Morgan fingerprint density at radius 1 is 1.35 bits per heavy atom. The first-order chi connectivity index (χ1) is 8.26. The Hall–Kier alpha value is -1.23. The zero-order chi connectivity index (χ0) is 12.3. The molecule has 0 spiro atoms. The lowest BCUT2D eigenvalue weighted by atomic mass is 10.1. The summed E-state index contributed by atoms with van der Waals surface area (Å²) in [5.74, 6) is 0. The Labute approximate surface area is 105 Å². The van der Waals surface area contributed by atoms with Crippen LogP contribution in [0.4, 0.5) is 0 Å². The quantitative estimate of drug-likeness (QED) is 0.905. The number of rotatable bonds is 4. The van der Waals surface area contributed by atoms with Gasteiger partial charge in [-0.25, -0.2) is 4.98 Å². The largest absolute Gasteiger partial charge is 0.375 e. The second-order valence-corrected chi connectivity index (χ2v) is 4.89. The molecule has 4 heteroatoms. The van der Waals surface area contributed by atoms with Crippen LogP contribution in [0.5, 0.6) is 0 Å². The van der Waals surface area contributed by atoms with Gasteiger partial charge in [0, 0.05) is 24.1 Å². The number of methoxy groups -OCH3 is 1. The first-order valence-corrected chi connectivity index (χ1v) is 6.35. The van der Waals surface area contributed by atoms with E-state index in [0.717, 1.165) is 21.1 Å². The topological polar surface area (TPSA) is 48.1 Å². The molecule has 17 heavy (non-hydrogen) atoms. The Morgan fingerprint density at radius 2 is 2.06 bits per heavy atom. The summed E-state index contributed by atoms with van der Waals surface area (Å²) in [6.07, 6.45) is 0.0164. The minimum absolute atomic E-state index is 0.0164. The highest BCUT2D eigenvalue weighted by atomic mass is 32.1. The van der Waals surface area contributed by atoms with Crippen molar-refractivity contribution in [2.45, 2.75) is 19.6 Å². The lowest BCUT2D eigenvalue weighted by Crippen LogP contribution is -1.95. The molecule has 90 valence electrons. The standard InChI is InChI=1S/C13H16N2OS/c1-9(16-2)13-15-12(11(8-14)17-13)10-6-4-3-5-7-10/h3-7,9H,8,14H2,1-2H3. The van der Waals surface area contributed by atoms with Gasteiger partial charge in [-0.3, -0.25) is 0 Å². The van der Waals surface area contributed by atoms with Crippen molar-refractivity contribution in [3.05, 3.63) is 40.2 Å². The van der Waals surface area contributed by atoms with Gasteiger partial charge in [0.25, 0.3) is 0 Å². The van der Waals surface area contributed by atoms with E-state index in [1.54, 1.807) is 18.4 Å². The fourth-order valence-corrected chi connectivity index (χ4v) is 2.60. The highest BCUT2D eigenvalue weighted by Gasteiger charge is 2.15. The van der Waals surface area contributed by atoms with Crippen LogP contribution in [0, 0.1) is 0 Å². The fraction of sp³-hybridized carbons (Fsp3) is 0.308. The van der Waals surface area contributed by atoms with Gasteiger partial charge in [0.15, 0.2) is 0 Å². The Balaban J connectivity index is 2.43. The van der Waals surface area contributed by atoms with Gasteiger partial charge < -0.3 is 10.5 Å². The van der Waals surface area contributed by atoms with Gasteiger partial charge in [-0.2, -0.15) is 0 Å². The first-order valence-electron chi connectivity index (χ1n) is 5.54. The molecule has 0 aliphatic rings. The molecule has 0 aliphatic carbocycles. The molecule has 1 unspecified atom stereocenters. The summed E-state index contributed by atoms with van der Waals surface area (Å²) in [6, 6.07) is 10.1. The van der Waals surface area contributed by atoms with E-state index in [1.165, 1.54) is 0 Å². The molecule has 1 heterocycles. The van der Waals surface area contributed by atoms with Crippen molar-refractivity contribution in [1.29, 1.82) is 0 Å². The van der Waals surface area contributed by atoms with Crippen LogP contribution in [0.3, 0.4) is 0 Å². The van der Waals surface area contributed by atoms with Crippen LogP contribution < -0.4 is 5.73 Å². The maximum absolute atomic E-state index is 5.77. The Morgan fingerprint density at radius 3 is 2.65 bits per heavy atom. The number of nitrogens with two attached hydrogens (primary N) is 1. The highest BCUT2D eigenvalue weighted by Crippen LogP contribution is 2.31. The number of ether oxygens (including phenoxy) is 1. The van der Waals surface area contributed by atoms with E-state index in [-0.39, 0.29) is 6.10 Å². The molecule has 0 saturated carbocycles. The molecule has 2 rings (SSSR count). The van der Waals surface area contributed by atoms with Crippen molar-refractivity contribution >= 4 is 11.3 Å². The van der Waals surface area contributed by atoms with E-state index in [0.29, 0.717) is 6.54 Å². The molecule has 0 aliphatic heterocycles. The van der Waals surface area contributed by atoms with Crippen LogP contribution in [-0.2, 0) is 11.3 Å². The van der Waals surface area contributed by atoms with Crippen molar-refractivity contribution in [3.63, 3.8) is 0 Å². The van der Waals surface area contributed by atoms with Crippen molar-refractivity contribution in [2.75, 3.05) is 7.11 Å². The molecule has 1 atom stereocenters. The number of hydrogen-bond donors (Lipinski definition) is 1. The van der Waals surface area contributed by atoms with Crippen LogP contribution in [0.2, 0.25) is 0 Å². The average Bonchev–Trinajstić information content (AvgIpc) is 2.83. The molecule has 2 aromatic rings. The van der Waals surface area contributed by atoms with E-state index >= 15 is 0 Å². The van der Waals surface area contributed by atoms with Crippen LogP contribution in [0.1, 0.15) is 22.9 Å². The summed E-state index contributed by atoms with van der Waals surface area (Å²) in [7, 11) is 1.69. The van der Waals surface area contributed by atoms with Gasteiger partial charge in [-0.1, -0.05) is 30.3 Å². The maximum atomic E-state index is 5.77. The zero-order valence-corrected chi connectivity index (χ0v) is 10.8. The number of benzene rings is 1. The van der Waals surface area contributed by atoms with E-state index in [2.05, 4.69) is 17.1 Å². The molecular weight excluding hydrogens is 232 g/mol. The molecule has 0 saturated heterocycles. The van der Waals surface area contributed by atoms with Gasteiger partial charge in [-0.15, -0.1) is 11.3 Å². The van der Waals surface area contributed by atoms with Crippen molar-refractivity contribution < 1.29 is 4.74 Å². The minimum atomic E-state index is 0.0164. The monoisotopic (exact) mass is 248 g/mol. The van der Waals surface area contributed by atoms with Crippen molar-refractivity contribution in [1.82, 2.24) is 4.98 Å². The minimum Gasteiger partial charge on any atom is -0.375 e. The van der Waals surface area contributed by atoms with Crippen LogP contribution >= 0.6 is 11.3 Å². The van der Waals surface area contributed by atoms with Crippen LogP contribution in [0.25, 0.3) is 11.3 Å². The van der Waals surface area contributed by atoms with Gasteiger partial charge in [0.05, 0.1) is 5.69 Å². The van der Waals surface area contributed by atoms with Gasteiger partial charge in [0.1, 0.15) is 11.1 Å². The SMILES string of the molecule is COC(C)c1nc(-c2ccccc2)c(CN)s1. The number of aromatic nitrogens is 1. The third-order valence-corrected chi connectivity index (χ3v) is 3.89. The predicted molar refractivity (Wildman–Crippen MR) is 70.9 cm³/mol. The van der Waals surface area contributed by atoms with Crippen molar-refractivity contribution in [3.8, 4) is 11.3 Å². The normalized spacial score (nSPS) is 12.6. The summed E-state index contributed by atoms with van der Waals surface area (Å²) >= 11 is 1.63. The molecule has 0 radical (unpaired) electrons. The van der Waals surface area contributed by atoms with Crippen LogP contribution in [-0.4, -0.2) is 12.1 Å². The molecule has 0 bridgehead atoms. The number of hydrogen-bond acceptors (Lipinski definition) is 4. The summed E-state index contributed by atoms with van der Waals surface area (Å²) in [4.78, 5) is 5.74. The van der Waals surface area contributed by atoms with E-state index in [4.69, 9.17) is 10.5 Å². The summed E-state index contributed by atoms with van der Waals surface area (Å²) < 4.78 is 5.29. The van der Waals surface area contributed by atoms with Gasteiger partial charge in [-0.05, 0) is 6.92 Å². The predicted octanol–water partition coefficient (Wildman–Crippen LogP) is 2.98. The second kappa shape index (κ2) is 5.40. The third kappa shape index (κ3) is 2.54. The molecule has 1 aromatic heterocycles. The molecule has 0 fully saturated rings. The molecule has 0 amide bonds. The molecule has 1 aromatic carbocycles. The van der Waals surface area contributed by atoms with Gasteiger partial charge in [0.2, 0.25) is 0 Å². The zero-order valence-electron chi connectivity index (χ0n) is 10.0. The number of thiazole rings is 1. The summed E-state index contributed by atoms with van der Waals surface area (Å²) in [6.45, 7) is 2.51. The second-order valence-electron chi connectivity index (χ2n) is 3.77. The Kier molecular flexibility index (Phi) is 3.89. The summed E-state index contributed by atoms with van der Waals surface area (Å²) in [5, 5.41) is 0.979. The fourth-order valence-electron chi connectivity index (χ4n) is 1.60. The molecule has 3 nitrogen and oxygen atoms in total. The van der Waals surface area contributed by atoms with Crippen molar-refractivity contribution in [2.24, 2.45) is 5.73 Å². The van der Waals surface area contributed by atoms with E-state index < -0.39 is 0 Å². The van der Waals surface area contributed by atoms with Crippen LogP contribution in [0.15, 0.2) is 30.3 Å². The maximum Gasteiger partial charge on any atom is 0.122 e. The Bertz CT molecular complexity index is 481. The van der Waals surface area contributed by atoms with E-state index in [1.807, 2.05) is 25.1 Å². The lowest BCUT2D eigenvalue weighted by Gasteiger charge is -2.03. The third-order valence-electron chi connectivity index (χ3n) is 2.65. The highest BCUT2D eigenvalue weighted by molar-refractivity contribution is 7.12. The lowest BCUT2D eigenvalue weighted by molar-refractivity contribution is 0.119. The van der Waals surface area contributed by atoms with Gasteiger partial charge >= 0.3 is 0 Å². The molecule has 2 N–H and O–H groups in total.